The van der Waals surface area contributed by atoms with Crippen molar-refractivity contribution in [2.45, 2.75) is 43.7 Å². The van der Waals surface area contributed by atoms with Gasteiger partial charge >= 0.3 is 35.5 Å². The summed E-state index contributed by atoms with van der Waals surface area (Å²) in [5.41, 5.74) is 2.62. The van der Waals surface area contributed by atoms with Crippen molar-refractivity contribution in [2.75, 3.05) is 20.2 Å². The van der Waals surface area contributed by atoms with Gasteiger partial charge in [0.2, 0.25) is 0 Å². The molecule has 1 N–H and O–H groups in total. The van der Waals surface area contributed by atoms with E-state index in [-0.39, 0.29) is 54.7 Å². The molecule has 43 heavy (non-hydrogen) atoms. The van der Waals surface area contributed by atoms with Crippen LogP contribution in [0.15, 0.2) is 55.0 Å². The number of amides is 1. The van der Waals surface area contributed by atoms with E-state index < -0.39 is 11.6 Å². The number of Topliss-reactive ketones (excluding diaryl/α,β-unsaturated/α-hetero) is 1. The average molecular weight is 610 g/mol. The molecule has 3 aliphatic rings. The van der Waals surface area contributed by atoms with Gasteiger partial charge in [-0.3, -0.25) is 14.6 Å². The van der Waals surface area contributed by atoms with E-state index >= 15 is 0 Å². The number of methoxy groups -OCH3 is 1. The number of pyridine rings is 1. The molecule has 1 saturated carbocycles. The standard InChI is InChI=1S/C32H28ClN3O6.Na.H/c1-41-28-13-19(12-25-29(28)24(33)17-36(25)22-3-4-22)30(38)35-8-6-32(7-9-35)14-26(37)23-11-18(2-5-27(23)42-32)20-10-21(31(39)40)16-34-15-20;;/h2,5,10-13,15-17,22H,3-4,6-9,14H2,1H3,(H,39,40);;/q;+1;-1. The third-order valence-electron chi connectivity index (χ3n) is 8.63. The van der Waals surface area contributed by atoms with E-state index in [0.717, 1.165) is 23.7 Å². The van der Waals surface area contributed by atoms with Crippen molar-refractivity contribution in [3.8, 4) is 22.6 Å². The number of aromatic carboxylic acids is 1. The second-order valence-electron chi connectivity index (χ2n) is 11.3. The third kappa shape index (κ3) is 5.33. The number of ketones is 1. The number of benzene rings is 2. The van der Waals surface area contributed by atoms with Gasteiger partial charge in [-0.05, 0) is 48.7 Å². The summed E-state index contributed by atoms with van der Waals surface area (Å²) in [5, 5.41) is 10.7. The van der Waals surface area contributed by atoms with Gasteiger partial charge in [0.1, 0.15) is 17.1 Å². The molecule has 11 heteroatoms. The molecule has 0 bridgehead atoms. The maximum Gasteiger partial charge on any atom is 1.00 e. The minimum atomic E-state index is -1.06. The SMILES string of the molecule is COc1cc(C(=O)N2CCC3(CC2)CC(=O)c2cc(-c4cncc(C(=O)O)c4)ccc2O3)cc2c1c(Cl)cn2C1CC1.[H-].[Na+]. The Morgan fingerprint density at radius 3 is 2.56 bits per heavy atom. The fraction of sp³-hybridized carbons (Fsp3) is 0.312. The predicted molar refractivity (Wildman–Crippen MR) is 157 cm³/mol. The zero-order valence-corrected chi connectivity index (χ0v) is 26.7. The molecule has 1 aliphatic carbocycles. The van der Waals surface area contributed by atoms with Crippen molar-refractivity contribution >= 4 is 40.2 Å². The molecule has 2 aromatic heterocycles. The molecule has 1 amide bonds. The number of carbonyl (C=O) groups is 3. The number of rotatable bonds is 5. The number of hydrogen-bond acceptors (Lipinski definition) is 6. The van der Waals surface area contributed by atoms with Gasteiger partial charge in [0.25, 0.3) is 5.91 Å². The molecule has 4 heterocycles. The first kappa shape index (κ1) is 29.7. The van der Waals surface area contributed by atoms with Crippen LogP contribution in [0.3, 0.4) is 0 Å². The van der Waals surface area contributed by atoms with Crippen LogP contribution in [0.5, 0.6) is 11.5 Å². The number of nitrogens with zero attached hydrogens (tertiary/aromatic N) is 3. The first-order valence-corrected chi connectivity index (χ1v) is 14.4. The molecule has 9 nitrogen and oxygen atoms in total. The van der Waals surface area contributed by atoms with Crippen LogP contribution in [-0.4, -0.2) is 63.0 Å². The third-order valence-corrected chi connectivity index (χ3v) is 8.91. The fourth-order valence-corrected chi connectivity index (χ4v) is 6.50. The van der Waals surface area contributed by atoms with E-state index in [1.807, 2.05) is 17.2 Å². The predicted octanol–water partition coefficient (Wildman–Crippen LogP) is 3.16. The van der Waals surface area contributed by atoms with Gasteiger partial charge in [0, 0.05) is 61.7 Å². The van der Waals surface area contributed by atoms with Gasteiger partial charge < -0.3 is 25.5 Å². The number of carboxylic acid groups (broad SMARTS) is 1. The van der Waals surface area contributed by atoms with Crippen LogP contribution in [0.4, 0.5) is 0 Å². The number of halogens is 1. The first-order valence-electron chi connectivity index (χ1n) is 14.0. The maximum absolute atomic E-state index is 13.7. The number of aromatic nitrogens is 2. The maximum atomic E-state index is 13.7. The summed E-state index contributed by atoms with van der Waals surface area (Å²) < 4.78 is 14.2. The molecule has 0 radical (unpaired) electrons. The monoisotopic (exact) mass is 609 g/mol. The second-order valence-corrected chi connectivity index (χ2v) is 11.8. The van der Waals surface area contributed by atoms with Crippen molar-refractivity contribution in [2.24, 2.45) is 0 Å². The minimum Gasteiger partial charge on any atom is -1.00 e. The zero-order chi connectivity index (χ0) is 29.2. The minimum absolute atomic E-state index is 0. The van der Waals surface area contributed by atoms with Crippen LogP contribution in [0.1, 0.15) is 70.6 Å². The Morgan fingerprint density at radius 2 is 1.86 bits per heavy atom. The van der Waals surface area contributed by atoms with Crippen LogP contribution in [0, 0.1) is 0 Å². The molecule has 1 saturated heterocycles. The molecule has 216 valence electrons. The van der Waals surface area contributed by atoms with E-state index in [9.17, 15) is 19.5 Å². The zero-order valence-electron chi connectivity index (χ0n) is 24.9. The summed E-state index contributed by atoms with van der Waals surface area (Å²) >= 11 is 6.54. The Kier molecular flexibility index (Phi) is 7.79. The largest absolute Gasteiger partial charge is 1.00 e. The molecule has 1 spiro atoms. The fourth-order valence-electron chi connectivity index (χ4n) is 6.21. The molecular weight excluding hydrogens is 581 g/mol. The molecule has 2 aliphatic heterocycles. The van der Waals surface area contributed by atoms with E-state index in [4.69, 9.17) is 21.1 Å². The summed E-state index contributed by atoms with van der Waals surface area (Å²) in [6, 6.07) is 10.9. The molecule has 4 aromatic rings. The topological polar surface area (TPSA) is 111 Å². The van der Waals surface area contributed by atoms with Gasteiger partial charge in [-0.1, -0.05) is 17.7 Å². The van der Waals surface area contributed by atoms with Gasteiger partial charge in [0.15, 0.2) is 5.78 Å². The van der Waals surface area contributed by atoms with E-state index in [1.54, 1.807) is 37.6 Å². The van der Waals surface area contributed by atoms with E-state index in [1.165, 1.54) is 12.3 Å². The van der Waals surface area contributed by atoms with Crippen LogP contribution < -0.4 is 39.0 Å². The number of likely N-dealkylation sites (tertiary alicyclic amines) is 1. The Labute approximate surface area is 276 Å². The molecular formula is C32H29ClN3NaO6. The molecule has 7 rings (SSSR count). The number of fused-ring (bicyclic) bond motifs is 2. The quantitative estimate of drug-likeness (QED) is 0.346. The number of piperidine rings is 1. The van der Waals surface area contributed by atoms with Gasteiger partial charge in [0.05, 0.1) is 40.6 Å². The Hall–Kier alpha value is -3.37. The number of carboxylic acids is 1. The Balaban J connectivity index is 0.00000192. The Morgan fingerprint density at radius 1 is 1.09 bits per heavy atom. The average Bonchev–Trinajstić information content (AvgIpc) is 3.79. The molecule has 2 fully saturated rings. The van der Waals surface area contributed by atoms with Crippen molar-refractivity contribution < 1.29 is 59.9 Å². The molecule has 0 atom stereocenters. The van der Waals surface area contributed by atoms with Crippen molar-refractivity contribution in [1.82, 2.24) is 14.5 Å². The molecule has 2 aromatic carbocycles. The van der Waals surface area contributed by atoms with Gasteiger partial charge in [-0.2, -0.15) is 0 Å². The molecule has 0 unspecified atom stereocenters. The second kappa shape index (κ2) is 11.3. The normalized spacial score (nSPS) is 17.3. The van der Waals surface area contributed by atoms with Crippen LogP contribution in [-0.2, 0) is 0 Å². The van der Waals surface area contributed by atoms with Crippen LogP contribution >= 0.6 is 11.6 Å². The summed E-state index contributed by atoms with van der Waals surface area (Å²) in [6.45, 7) is 0.913. The summed E-state index contributed by atoms with van der Waals surface area (Å²) in [7, 11) is 1.58. The summed E-state index contributed by atoms with van der Waals surface area (Å²) in [6.07, 6.45) is 8.23. The Bertz CT molecular complexity index is 1800. The van der Waals surface area contributed by atoms with Crippen LogP contribution in [0.25, 0.3) is 22.0 Å². The van der Waals surface area contributed by atoms with Crippen molar-refractivity contribution in [1.29, 1.82) is 0 Å². The van der Waals surface area contributed by atoms with Crippen molar-refractivity contribution in [3.63, 3.8) is 0 Å². The summed E-state index contributed by atoms with van der Waals surface area (Å²) in [5.74, 6) is -0.103. The number of carbonyl (C=O) groups excluding carboxylic acids is 2. The summed E-state index contributed by atoms with van der Waals surface area (Å²) in [4.78, 5) is 44.2. The van der Waals surface area contributed by atoms with E-state index in [0.29, 0.717) is 70.7 Å². The smallest absolute Gasteiger partial charge is 1.00 e. The van der Waals surface area contributed by atoms with Crippen molar-refractivity contribution in [3.05, 3.63) is 76.7 Å². The number of hydrogen-bond donors (Lipinski definition) is 1. The van der Waals surface area contributed by atoms with Gasteiger partial charge in [-0.25, -0.2) is 4.79 Å². The first-order chi connectivity index (χ1) is 20.2. The van der Waals surface area contributed by atoms with Crippen LogP contribution in [0.2, 0.25) is 5.02 Å². The van der Waals surface area contributed by atoms with Gasteiger partial charge in [-0.15, -0.1) is 0 Å². The number of ether oxygens (including phenoxy) is 2. The van der Waals surface area contributed by atoms with E-state index in [2.05, 4.69) is 9.55 Å².